The molecule has 0 heterocycles. The Morgan fingerprint density at radius 3 is 2.47 bits per heavy atom. The van der Waals surface area contributed by atoms with E-state index in [-0.39, 0.29) is 5.12 Å². The van der Waals surface area contributed by atoms with Gasteiger partial charge in [0.1, 0.15) is 0 Å². The summed E-state index contributed by atoms with van der Waals surface area (Å²) in [4.78, 5) is 12.7. The normalized spacial score (nSPS) is 15.3. The summed E-state index contributed by atoms with van der Waals surface area (Å²) in [6.45, 7) is 0. The molecule has 1 aromatic rings. The molecule has 0 atom stereocenters. The van der Waals surface area contributed by atoms with Crippen LogP contribution in [0.25, 0.3) is 0 Å². The number of thioether (sulfide) groups is 1. The van der Waals surface area contributed by atoms with Crippen molar-refractivity contribution in [2.75, 3.05) is 0 Å². The first kappa shape index (κ1) is 10.5. The maximum absolute atomic E-state index is 11.7. The Bertz CT molecular complexity index is 359. The van der Waals surface area contributed by atoms with Crippen LogP contribution < -0.4 is 0 Å². The molecule has 1 aliphatic rings. The Labute approximate surface area is 94.6 Å². The van der Waals surface area contributed by atoms with Crippen LogP contribution in [0.3, 0.4) is 0 Å². The number of hydrogen-bond donors (Lipinski definition) is 0. The molecule has 2 heteroatoms. The number of benzene rings is 1. The molecule has 1 nitrogen and oxygen atoms in total. The van der Waals surface area contributed by atoms with E-state index >= 15 is 0 Å². The molecule has 15 heavy (non-hydrogen) atoms. The highest BCUT2D eigenvalue weighted by molar-refractivity contribution is 8.14. The number of rotatable bonds is 2. The first-order valence-corrected chi connectivity index (χ1v) is 6.12. The number of carbonyl (C=O) groups is 1. The zero-order valence-electron chi connectivity index (χ0n) is 8.61. The zero-order chi connectivity index (χ0) is 10.5. The summed E-state index contributed by atoms with van der Waals surface area (Å²) in [6.07, 6.45) is 6.54. The number of allylic oxidation sites excluding steroid dienone is 1. The van der Waals surface area contributed by atoms with Gasteiger partial charge in [0.2, 0.25) is 5.12 Å². The van der Waals surface area contributed by atoms with E-state index in [0.29, 0.717) is 0 Å². The van der Waals surface area contributed by atoms with Crippen molar-refractivity contribution in [3.8, 4) is 0 Å². The second-order valence-electron chi connectivity index (χ2n) is 3.74. The van der Waals surface area contributed by atoms with Gasteiger partial charge in [0, 0.05) is 4.90 Å². The second kappa shape index (κ2) is 5.17. The van der Waals surface area contributed by atoms with Gasteiger partial charge in [-0.25, -0.2) is 0 Å². The quantitative estimate of drug-likeness (QED) is 0.554. The van der Waals surface area contributed by atoms with E-state index in [2.05, 4.69) is 0 Å². The van der Waals surface area contributed by atoms with Crippen molar-refractivity contribution in [1.82, 2.24) is 0 Å². The van der Waals surface area contributed by atoms with E-state index in [1.807, 2.05) is 36.4 Å². The summed E-state index contributed by atoms with van der Waals surface area (Å²) in [5.74, 6) is 0. The molecule has 0 N–H and O–H groups in total. The van der Waals surface area contributed by atoms with Gasteiger partial charge in [-0.15, -0.1) is 0 Å². The molecule has 78 valence electrons. The van der Waals surface area contributed by atoms with Gasteiger partial charge in [0.05, 0.1) is 0 Å². The van der Waals surface area contributed by atoms with Crippen LogP contribution in [-0.2, 0) is 4.79 Å². The molecule has 0 aliphatic heterocycles. The lowest BCUT2D eigenvalue weighted by Gasteiger charge is -1.97. The topological polar surface area (TPSA) is 17.1 Å². The van der Waals surface area contributed by atoms with Crippen molar-refractivity contribution in [2.24, 2.45) is 0 Å². The molecular formula is C13H14OS. The fourth-order valence-corrected chi connectivity index (χ4v) is 2.53. The van der Waals surface area contributed by atoms with E-state index in [4.69, 9.17) is 0 Å². The molecule has 0 bridgehead atoms. The third kappa shape index (κ3) is 3.24. The SMILES string of the molecule is O=C(C=C1CCCC1)Sc1ccccc1. The summed E-state index contributed by atoms with van der Waals surface area (Å²) >= 11 is 1.32. The van der Waals surface area contributed by atoms with Crippen LogP contribution in [0.4, 0.5) is 0 Å². The zero-order valence-corrected chi connectivity index (χ0v) is 9.43. The first-order valence-electron chi connectivity index (χ1n) is 5.31. The average molecular weight is 218 g/mol. The molecular weight excluding hydrogens is 204 g/mol. The lowest BCUT2D eigenvalue weighted by atomic mass is 10.2. The van der Waals surface area contributed by atoms with E-state index in [9.17, 15) is 4.79 Å². The minimum Gasteiger partial charge on any atom is -0.282 e. The highest BCUT2D eigenvalue weighted by atomic mass is 32.2. The van der Waals surface area contributed by atoms with Crippen LogP contribution in [0.1, 0.15) is 25.7 Å². The Hall–Kier alpha value is -1.02. The highest BCUT2D eigenvalue weighted by Crippen LogP contribution is 2.26. The first-order chi connectivity index (χ1) is 7.34. The molecule has 0 amide bonds. The third-order valence-electron chi connectivity index (χ3n) is 2.53. The molecule has 2 rings (SSSR count). The van der Waals surface area contributed by atoms with Crippen molar-refractivity contribution >= 4 is 16.9 Å². The van der Waals surface area contributed by atoms with Gasteiger partial charge in [-0.3, -0.25) is 4.79 Å². The molecule has 0 saturated heterocycles. The van der Waals surface area contributed by atoms with Gasteiger partial charge < -0.3 is 0 Å². The van der Waals surface area contributed by atoms with Crippen molar-refractivity contribution in [3.05, 3.63) is 42.0 Å². The fraction of sp³-hybridized carbons (Fsp3) is 0.308. The van der Waals surface area contributed by atoms with E-state index < -0.39 is 0 Å². The molecule has 1 aromatic carbocycles. The standard InChI is InChI=1S/C13H14OS/c14-13(10-11-6-4-5-7-11)15-12-8-2-1-3-9-12/h1-3,8-10H,4-7H2. The van der Waals surface area contributed by atoms with Gasteiger partial charge in [0.25, 0.3) is 0 Å². The molecule has 1 saturated carbocycles. The molecule has 1 aliphatic carbocycles. The Morgan fingerprint density at radius 1 is 1.13 bits per heavy atom. The van der Waals surface area contributed by atoms with Crippen molar-refractivity contribution in [2.45, 2.75) is 30.6 Å². The maximum atomic E-state index is 11.7. The third-order valence-corrected chi connectivity index (χ3v) is 3.36. The summed E-state index contributed by atoms with van der Waals surface area (Å²) in [5.41, 5.74) is 1.32. The Morgan fingerprint density at radius 2 is 1.80 bits per heavy atom. The van der Waals surface area contributed by atoms with Crippen molar-refractivity contribution < 1.29 is 4.79 Å². The Kier molecular flexibility index (Phi) is 3.62. The predicted molar refractivity (Wildman–Crippen MR) is 63.9 cm³/mol. The molecule has 0 radical (unpaired) electrons. The molecule has 1 fully saturated rings. The molecule has 0 aromatic heterocycles. The average Bonchev–Trinajstić information content (AvgIpc) is 2.71. The minimum atomic E-state index is 0.165. The number of carbonyl (C=O) groups excluding carboxylic acids is 1. The van der Waals surface area contributed by atoms with E-state index in [1.54, 1.807) is 0 Å². The Balaban J connectivity index is 1.95. The van der Waals surface area contributed by atoms with Crippen LogP contribution in [0.2, 0.25) is 0 Å². The maximum Gasteiger partial charge on any atom is 0.216 e. The van der Waals surface area contributed by atoms with E-state index in [0.717, 1.165) is 17.7 Å². The fourth-order valence-electron chi connectivity index (χ4n) is 1.77. The van der Waals surface area contributed by atoms with Crippen LogP contribution in [0.15, 0.2) is 46.9 Å². The van der Waals surface area contributed by atoms with Crippen LogP contribution in [0.5, 0.6) is 0 Å². The number of hydrogen-bond acceptors (Lipinski definition) is 2. The van der Waals surface area contributed by atoms with Gasteiger partial charge in [-0.1, -0.05) is 23.8 Å². The van der Waals surface area contributed by atoms with E-state index in [1.165, 1.54) is 30.2 Å². The van der Waals surface area contributed by atoms with Crippen LogP contribution in [0, 0.1) is 0 Å². The van der Waals surface area contributed by atoms with Gasteiger partial charge in [-0.2, -0.15) is 0 Å². The van der Waals surface area contributed by atoms with Gasteiger partial charge in [-0.05, 0) is 55.7 Å². The van der Waals surface area contributed by atoms with Gasteiger partial charge >= 0.3 is 0 Å². The lowest BCUT2D eigenvalue weighted by Crippen LogP contribution is -1.87. The van der Waals surface area contributed by atoms with Crippen LogP contribution >= 0.6 is 11.8 Å². The predicted octanol–water partition coefficient (Wildman–Crippen LogP) is 3.81. The summed E-state index contributed by atoms with van der Waals surface area (Å²) in [7, 11) is 0. The summed E-state index contributed by atoms with van der Waals surface area (Å²) in [6, 6.07) is 9.81. The minimum absolute atomic E-state index is 0.165. The van der Waals surface area contributed by atoms with Crippen molar-refractivity contribution in [1.29, 1.82) is 0 Å². The second-order valence-corrected chi connectivity index (χ2v) is 4.82. The summed E-state index contributed by atoms with van der Waals surface area (Å²) in [5, 5.41) is 0.165. The van der Waals surface area contributed by atoms with Crippen LogP contribution in [-0.4, -0.2) is 5.12 Å². The molecule has 0 unspecified atom stereocenters. The monoisotopic (exact) mass is 218 g/mol. The van der Waals surface area contributed by atoms with Gasteiger partial charge in [0.15, 0.2) is 0 Å². The smallest absolute Gasteiger partial charge is 0.216 e. The molecule has 0 spiro atoms. The lowest BCUT2D eigenvalue weighted by molar-refractivity contribution is -0.107. The summed E-state index contributed by atoms with van der Waals surface area (Å²) < 4.78 is 0. The highest BCUT2D eigenvalue weighted by Gasteiger charge is 2.09. The van der Waals surface area contributed by atoms with Crippen molar-refractivity contribution in [3.63, 3.8) is 0 Å². The largest absolute Gasteiger partial charge is 0.282 e.